The van der Waals surface area contributed by atoms with Crippen LogP contribution in [0.4, 0.5) is 0 Å². The lowest BCUT2D eigenvalue weighted by Crippen LogP contribution is -2.27. The molecule has 0 aromatic heterocycles. The van der Waals surface area contributed by atoms with Crippen LogP contribution >= 0.6 is 24.0 Å². The highest BCUT2D eigenvalue weighted by Crippen LogP contribution is 2.32. The van der Waals surface area contributed by atoms with Crippen LogP contribution in [0.2, 0.25) is 0 Å². The van der Waals surface area contributed by atoms with Gasteiger partial charge in [-0.1, -0.05) is 92.0 Å². The monoisotopic (exact) mass is 1280 g/mol. The maximum atomic E-state index is 10.9. The molecule has 9 aliphatic rings. The van der Waals surface area contributed by atoms with E-state index in [1.54, 1.807) is 13.8 Å². The number of hydrogen-bond donors (Lipinski definition) is 8. The number of aliphatic hydroxyl groups is 7. The predicted molar refractivity (Wildman–Crippen MR) is 312 cm³/mol. The van der Waals surface area contributed by atoms with Gasteiger partial charge in [0.15, 0.2) is 18.9 Å². The van der Waals surface area contributed by atoms with Crippen LogP contribution in [-0.2, 0) is 66.6 Å². The fourth-order valence-corrected chi connectivity index (χ4v) is 9.02. The molecule has 0 aromatic rings. The Labute approximate surface area is 497 Å². The van der Waals surface area contributed by atoms with Crippen molar-refractivity contribution in [3.05, 3.63) is 0 Å². The number of aliphatic carboxylic acids is 1. The molecule has 0 amide bonds. The van der Waals surface area contributed by atoms with E-state index < -0.39 is 36.1 Å². The van der Waals surface area contributed by atoms with Crippen LogP contribution in [0.1, 0.15) is 175 Å². The zero-order valence-corrected chi connectivity index (χ0v) is 47.6. The van der Waals surface area contributed by atoms with Crippen molar-refractivity contribution >= 4 is 53.6 Å². The minimum Gasteiger partial charge on any atom is -0.481 e. The summed E-state index contributed by atoms with van der Waals surface area (Å²) >= 11 is 0. The van der Waals surface area contributed by atoms with Gasteiger partial charge in [0.05, 0.1) is 120 Å². The fraction of sp³-hybridized carbons (Fsp3) is 0.912. The van der Waals surface area contributed by atoms with E-state index in [1.807, 2.05) is 34.6 Å². The summed E-state index contributed by atoms with van der Waals surface area (Å²) in [6.07, 6.45) is 7.20. The molecule has 0 aromatic carbocycles. The molecule has 9 fully saturated rings. The number of fused-ring (bicyclic) bond motifs is 3. The van der Waals surface area contributed by atoms with E-state index in [0.717, 1.165) is 58.3 Å². The molecule has 9 aliphatic heterocycles. The molecule has 0 radical (unpaired) electrons. The Morgan fingerprint density at radius 3 is 1.06 bits per heavy atom. The van der Waals surface area contributed by atoms with Crippen LogP contribution < -0.4 is 0 Å². The number of carbonyl (C=O) groups excluding carboxylic acids is 4. The third kappa shape index (κ3) is 29.5. The first-order valence-electron chi connectivity index (χ1n) is 27.0. The first-order valence-corrected chi connectivity index (χ1v) is 27.0. The predicted octanol–water partition coefficient (Wildman–Crippen LogP) is 6.61. The number of ether oxygens (including phenoxy) is 9. The minimum absolute atomic E-state index is 0. The molecule has 0 aliphatic carbocycles. The molecule has 80 heavy (non-hydrogen) atoms. The minimum atomic E-state index is -0.888. The lowest BCUT2D eigenvalue weighted by atomic mass is 9.96. The second kappa shape index (κ2) is 48.0. The van der Waals surface area contributed by atoms with Crippen molar-refractivity contribution in [3.8, 4) is 0 Å². The summed E-state index contributed by atoms with van der Waals surface area (Å²) in [6.45, 7) is 18.1. The highest BCUT2D eigenvalue weighted by molar-refractivity contribution is 14.0. The first-order chi connectivity index (χ1) is 35.3. The average molecular weight is 1280 g/mol. The van der Waals surface area contributed by atoms with E-state index in [9.17, 15) is 54.6 Å². The smallest absolute Gasteiger partial charge is 0.316 e. The standard InChI is InChI=1S/C8H16O3.2C7H12O3.C7H10O3.3C6H10O3.C5H12O.5CH4.HI/c1-3-5-6(8(10)11)7(9)4-2;3*1-2-6(8)5-3-4-10-7(5)9;3*7-5-3-9-6-4(5)1-2-8-6;1-3-5(6)4-2;;;;;;/h6-7,9H,3-5H2,1-2H3,(H,10,11);2*5-6,8H,2-4H2,1H3;5H,2-4H2,1H3;3*4-7H,1-3H2;5-6H,3-4H2,1-2H3;5*1H4;1H/t;5-,6+;;;4-,5+,6+;4-,5-,6+;;;;;;;;/m.0..00......../s1. The summed E-state index contributed by atoms with van der Waals surface area (Å²) in [7, 11) is 0. The third-order valence-electron chi connectivity index (χ3n) is 14.2. The molecule has 9 heterocycles. The highest BCUT2D eigenvalue weighted by Gasteiger charge is 2.42. The molecule has 0 saturated carbocycles. The molecular formula is C57H113IO22. The molecular weight excluding hydrogens is 1160 g/mol. The summed E-state index contributed by atoms with van der Waals surface area (Å²) in [5.41, 5.74) is 0. The third-order valence-corrected chi connectivity index (χ3v) is 14.2. The second-order valence-corrected chi connectivity index (χ2v) is 19.4. The quantitative estimate of drug-likeness (QED) is 0.0416. The normalized spacial score (nSPS) is 29.8. The molecule has 0 spiro atoms. The van der Waals surface area contributed by atoms with E-state index in [4.69, 9.17) is 38.6 Å². The number of carbonyl (C=O) groups is 5. The van der Waals surface area contributed by atoms with Gasteiger partial charge in [-0.2, -0.15) is 0 Å². The van der Waals surface area contributed by atoms with Gasteiger partial charge in [0.1, 0.15) is 11.7 Å². The zero-order chi connectivity index (χ0) is 55.3. The number of rotatable bonds is 13. The second-order valence-electron chi connectivity index (χ2n) is 19.4. The number of esters is 3. The van der Waals surface area contributed by atoms with Crippen LogP contribution in [0, 0.1) is 41.4 Å². The van der Waals surface area contributed by atoms with Gasteiger partial charge in [-0.25, -0.2) is 0 Å². The van der Waals surface area contributed by atoms with Gasteiger partial charge < -0.3 is 83.5 Å². The molecule has 9 saturated heterocycles. The fourth-order valence-electron chi connectivity index (χ4n) is 9.02. The van der Waals surface area contributed by atoms with Crippen molar-refractivity contribution in [2.24, 2.45) is 41.4 Å². The van der Waals surface area contributed by atoms with Gasteiger partial charge in [0, 0.05) is 30.6 Å². The molecule has 23 heteroatoms. The number of carboxylic acids is 1. The lowest BCUT2D eigenvalue weighted by Gasteiger charge is -2.16. The summed E-state index contributed by atoms with van der Waals surface area (Å²) in [6, 6.07) is 0. The Bertz CT molecular complexity index is 1490. The summed E-state index contributed by atoms with van der Waals surface area (Å²) < 4.78 is 44.9. The van der Waals surface area contributed by atoms with E-state index in [0.29, 0.717) is 91.0 Å². The van der Waals surface area contributed by atoms with Gasteiger partial charge in [0.2, 0.25) is 0 Å². The van der Waals surface area contributed by atoms with Gasteiger partial charge in [-0.05, 0) is 70.6 Å². The van der Waals surface area contributed by atoms with Gasteiger partial charge in [-0.15, -0.1) is 24.0 Å². The Kier molecular flexibility index (Phi) is 52.0. The molecule has 16 atom stereocenters. The largest absolute Gasteiger partial charge is 0.481 e. The summed E-state index contributed by atoms with van der Waals surface area (Å²) in [5, 5.41) is 72.6. The van der Waals surface area contributed by atoms with Crippen LogP contribution in [0.5, 0.6) is 0 Å². The van der Waals surface area contributed by atoms with Gasteiger partial charge in [-0.3, -0.25) is 24.0 Å². The van der Waals surface area contributed by atoms with Crippen LogP contribution in [0.25, 0.3) is 0 Å². The molecule has 22 nitrogen and oxygen atoms in total. The summed E-state index contributed by atoms with van der Waals surface area (Å²) in [5.74, 6) is -2.50. The van der Waals surface area contributed by atoms with Crippen molar-refractivity contribution in [1.29, 1.82) is 0 Å². The number of cyclic esters (lactones) is 3. The van der Waals surface area contributed by atoms with Crippen molar-refractivity contribution < 1.29 is 107 Å². The number of ketones is 1. The number of halogens is 1. The van der Waals surface area contributed by atoms with E-state index in [-0.39, 0.29) is 158 Å². The first kappa shape index (κ1) is 86.5. The van der Waals surface area contributed by atoms with Crippen molar-refractivity contribution in [3.63, 3.8) is 0 Å². The Hall–Kier alpha value is -2.24. The maximum Gasteiger partial charge on any atom is 0.316 e. The molecule has 8 N–H and O–H groups in total. The topological polar surface area (TPSA) is 330 Å². The number of hydrogen-bond acceptors (Lipinski definition) is 21. The number of carboxylic acid groups (broad SMARTS) is 1. The lowest BCUT2D eigenvalue weighted by molar-refractivity contribution is -0.146. The average Bonchev–Trinajstić information content (AvgIpc) is 4.25. The van der Waals surface area contributed by atoms with Gasteiger partial charge >= 0.3 is 23.9 Å². The number of Topliss-reactive ketones (excluding diaryl/α,β-unsaturated/α-hetero) is 1. The molecule has 0 bridgehead atoms. The number of aliphatic hydroxyl groups excluding tert-OH is 7. The highest BCUT2D eigenvalue weighted by atomic mass is 127. The summed E-state index contributed by atoms with van der Waals surface area (Å²) in [4.78, 5) is 53.8. The SMILES string of the molecule is C.C.C.C.C.CCC(=O)C1CCOC1=O.CCC(O)C1CCOC1=O.CCC(O)CC.CCCC(C(=O)O)C(O)CC.CC[C@@H](O)[C@@H]1CCOC1=O.I.OC1COC2OCCC12.O[C@@H]1CO[C@H]2OCC[C@H]21.O[C@H]1CO[C@H]2OCC[C@H]21. The Morgan fingerprint density at radius 2 is 0.838 bits per heavy atom. The van der Waals surface area contributed by atoms with Crippen LogP contribution in [-0.4, -0.2) is 192 Å². The van der Waals surface area contributed by atoms with Crippen LogP contribution in [0.3, 0.4) is 0 Å². The van der Waals surface area contributed by atoms with E-state index in [1.165, 1.54) is 0 Å². The Morgan fingerprint density at radius 1 is 0.487 bits per heavy atom. The zero-order valence-electron chi connectivity index (χ0n) is 45.3. The Balaban J connectivity index is -0.000000266. The molecule has 8 unspecified atom stereocenters. The molecule has 480 valence electrons. The van der Waals surface area contributed by atoms with Crippen molar-refractivity contribution in [1.82, 2.24) is 0 Å². The molecule has 9 rings (SSSR count). The van der Waals surface area contributed by atoms with E-state index in [2.05, 4.69) is 14.2 Å². The van der Waals surface area contributed by atoms with Crippen molar-refractivity contribution in [2.45, 2.75) is 237 Å². The van der Waals surface area contributed by atoms with E-state index >= 15 is 0 Å². The van der Waals surface area contributed by atoms with Crippen LogP contribution in [0.15, 0.2) is 0 Å². The maximum absolute atomic E-state index is 10.9. The van der Waals surface area contributed by atoms with Crippen molar-refractivity contribution in [2.75, 3.05) is 59.5 Å². The van der Waals surface area contributed by atoms with Gasteiger partial charge in [0.25, 0.3) is 0 Å².